The maximum Gasteiger partial charge on any atom is 0.223 e. The predicted octanol–water partition coefficient (Wildman–Crippen LogP) is 1.44. The number of aromatic nitrogens is 1. The first-order valence-corrected chi connectivity index (χ1v) is 6.90. The summed E-state index contributed by atoms with van der Waals surface area (Å²) in [6.07, 6.45) is 3.36. The van der Waals surface area contributed by atoms with Gasteiger partial charge in [0, 0.05) is 38.9 Å². The number of pyridine rings is 1. The number of ether oxygens (including phenoxy) is 2. The molecule has 20 heavy (non-hydrogen) atoms. The van der Waals surface area contributed by atoms with Crippen LogP contribution in [0, 0.1) is 12.8 Å². The molecule has 0 bridgehead atoms. The number of aryl methyl sites for hydroxylation is 1. The largest absolute Gasteiger partial charge is 0.481 e. The third-order valence-electron chi connectivity index (χ3n) is 3.77. The number of methoxy groups -OCH3 is 2. The normalized spacial score (nSPS) is 18.6. The first kappa shape index (κ1) is 14.8. The average molecular weight is 278 g/mol. The first-order chi connectivity index (χ1) is 9.63. The lowest BCUT2D eigenvalue weighted by Crippen LogP contribution is -2.28. The Balaban J connectivity index is 1.96. The molecular formula is C15H22N2O3. The van der Waals surface area contributed by atoms with Gasteiger partial charge in [0.15, 0.2) is 0 Å². The molecule has 2 heterocycles. The summed E-state index contributed by atoms with van der Waals surface area (Å²) < 4.78 is 10.1. The molecule has 1 aromatic rings. The van der Waals surface area contributed by atoms with E-state index in [0.717, 1.165) is 13.0 Å². The summed E-state index contributed by atoms with van der Waals surface area (Å²) in [5.74, 6) is 1.23. The maximum atomic E-state index is 11.9. The molecule has 0 saturated carbocycles. The molecule has 1 aliphatic rings. The molecule has 0 aliphatic carbocycles. The Morgan fingerprint density at radius 3 is 2.90 bits per heavy atom. The highest BCUT2D eigenvalue weighted by Crippen LogP contribution is 2.24. The van der Waals surface area contributed by atoms with Crippen LogP contribution in [0.15, 0.2) is 12.3 Å². The molecule has 5 heteroatoms. The first-order valence-electron chi connectivity index (χ1n) is 6.90. The van der Waals surface area contributed by atoms with E-state index in [1.54, 1.807) is 14.2 Å². The van der Waals surface area contributed by atoms with Crippen molar-refractivity contribution in [2.75, 3.05) is 33.9 Å². The zero-order valence-electron chi connectivity index (χ0n) is 12.4. The fourth-order valence-electron chi connectivity index (χ4n) is 2.60. The van der Waals surface area contributed by atoms with Crippen molar-refractivity contribution in [1.29, 1.82) is 0 Å². The molecule has 0 spiro atoms. The SMILES string of the molecule is COCCN1CC(Cc2cnc(OC)cc2C)CC1=O. The minimum Gasteiger partial charge on any atom is -0.481 e. The smallest absolute Gasteiger partial charge is 0.223 e. The second-order valence-corrected chi connectivity index (χ2v) is 5.26. The van der Waals surface area contributed by atoms with Gasteiger partial charge in [-0.05, 0) is 30.4 Å². The molecule has 110 valence electrons. The lowest BCUT2D eigenvalue weighted by molar-refractivity contribution is -0.128. The Kier molecular flexibility index (Phi) is 4.95. The van der Waals surface area contributed by atoms with Crippen LogP contribution < -0.4 is 4.74 Å². The molecule has 5 nitrogen and oxygen atoms in total. The minimum absolute atomic E-state index is 0.228. The van der Waals surface area contributed by atoms with E-state index in [1.807, 2.05) is 17.2 Å². The fourth-order valence-corrected chi connectivity index (χ4v) is 2.60. The predicted molar refractivity (Wildman–Crippen MR) is 75.8 cm³/mol. The lowest BCUT2D eigenvalue weighted by Gasteiger charge is -2.16. The number of carbonyl (C=O) groups is 1. The number of likely N-dealkylation sites (tertiary alicyclic amines) is 1. The van der Waals surface area contributed by atoms with E-state index in [1.165, 1.54) is 11.1 Å². The molecule has 1 unspecified atom stereocenters. The fraction of sp³-hybridized carbons (Fsp3) is 0.600. The van der Waals surface area contributed by atoms with Gasteiger partial charge >= 0.3 is 0 Å². The van der Waals surface area contributed by atoms with E-state index < -0.39 is 0 Å². The van der Waals surface area contributed by atoms with E-state index in [-0.39, 0.29) is 5.91 Å². The van der Waals surface area contributed by atoms with Crippen LogP contribution in [0.4, 0.5) is 0 Å². The standard InChI is InChI=1S/C15H22N2O3/c1-11-6-14(20-3)16-9-13(11)7-12-8-15(18)17(10-12)4-5-19-2/h6,9,12H,4-5,7-8,10H2,1-3H3. The van der Waals surface area contributed by atoms with Crippen molar-refractivity contribution in [2.45, 2.75) is 19.8 Å². The molecule has 1 amide bonds. The van der Waals surface area contributed by atoms with Crippen LogP contribution in [0.3, 0.4) is 0 Å². The average Bonchev–Trinajstić information content (AvgIpc) is 2.79. The molecular weight excluding hydrogens is 256 g/mol. The number of hydrogen-bond acceptors (Lipinski definition) is 4. The van der Waals surface area contributed by atoms with Crippen LogP contribution in [0.1, 0.15) is 17.5 Å². The van der Waals surface area contributed by atoms with Crippen LogP contribution in [-0.4, -0.2) is 49.7 Å². The van der Waals surface area contributed by atoms with E-state index in [9.17, 15) is 4.79 Å². The molecule has 1 aliphatic heterocycles. The van der Waals surface area contributed by atoms with Crippen molar-refractivity contribution < 1.29 is 14.3 Å². The Hall–Kier alpha value is -1.62. The molecule has 1 aromatic heterocycles. The summed E-state index contributed by atoms with van der Waals surface area (Å²) in [6.45, 7) is 4.15. The van der Waals surface area contributed by atoms with Crippen molar-refractivity contribution in [3.63, 3.8) is 0 Å². The van der Waals surface area contributed by atoms with Gasteiger partial charge in [-0.15, -0.1) is 0 Å². The number of carbonyl (C=O) groups excluding carboxylic acids is 1. The van der Waals surface area contributed by atoms with E-state index in [4.69, 9.17) is 9.47 Å². The Labute approximate surface area is 119 Å². The van der Waals surface area contributed by atoms with Crippen LogP contribution in [-0.2, 0) is 16.0 Å². The van der Waals surface area contributed by atoms with Gasteiger partial charge in [-0.3, -0.25) is 4.79 Å². The number of nitrogens with zero attached hydrogens (tertiary/aromatic N) is 2. The monoisotopic (exact) mass is 278 g/mol. The Morgan fingerprint density at radius 1 is 1.45 bits per heavy atom. The van der Waals surface area contributed by atoms with Crippen LogP contribution in [0.25, 0.3) is 0 Å². The molecule has 1 atom stereocenters. The summed E-state index contributed by atoms with van der Waals surface area (Å²) in [4.78, 5) is 18.0. The van der Waals surface area contributed by atoms with Gasteiger partial charge in [0.1, 0.15) is 0 Å². The van der Waals surface area contributed by atoms with Gasteiger partial charge in [0.05, 0.1) is 13.7 Å². The highest BCUT2D eigenvalue weighted by atomic mass is 16.5. The molecule has 2 rings (SSSR count). The number of rotatable bonds is 6. The summed E-state index contributed by atoms with van der Waals surface area (Å²) in [5.41, 5.74) is 2.36. The summed E-state index contributed by atoms with van der Waals surface area (Å²) in [5, 5.41) is 0. The van der Waals surface area contributed by atoms with Gasteiger partial charge in [0.25, 0.3) is 0 Å². The summed E-state index contributed by atoms with van der Waals surface area (Å²) in [7, 11) is 3.27. The Bertz CT molecular complexity index is 476. The van der Waals surface area contributed by atoms with E-state index >= 15 is 0 Å². The van der Waals surface area contributed by atoms with Crippen molar-refractivity contribution in [2.24, 2.45) is 5.92 Å². The van der Waals surface area contributed by atoms with E-state index in [0.29, 0.717) is 31.4 Å². The number of amides is 1. The topological polar surface area (TPSA) is 51.7 Å². The van der Waals surface area contributed by atoms with Crippen LogP contribution >= 0.6 is 0 Å². The van der Waals surface area contributed by atoms with Gasteiger partial charge in [-0.1, -0.05) is 0 Å². The van der Waals surface area contributed by atoms with Crippen molar-refractivity contribution in [3.8, 4) is 5.88 Å². The molecule has 1 fully saturated rings. The second kappa shape index (κ2) is 6.70. The van der Waals surface area contributed by atoms with Gasteiger partial charge in [0.2, 0.25) is 11.8 Å². The summed E-state index contributed by atoms with van der Waals surface area (Å²) >= 11 is 0. The zero-order chi connectivity index (χ0) is 14.5. The van der Waals surface area contributed by atoms with Gasteiger partial charge in [-0.2, -0.15) is 0 Å². The molecule has 1 saturated heterocycles. The molecule has 0 radical (unpaired) electrons. The molecule has 0 N–H and O–H groups in total. The van der Waals surface area contributed by atoms with E-state index in [2.05, 4.69) is 11.9 Å². The summed E-state index contributed by atoms with van der Waals surface area (Å²) in [6, 6.07) is 1.94. The highest BCUT2D eigenvalue weighted by molar-refractivity contribution is 5.78. The highest BCUT2D eigenvalue weighted by Gasteiger charge is 2.29. The Morgan fingerprint density at radius 2 is 2.25 bits per heavy atom. The quantitative estimate of drug-likeness (QED) is 0.790. The third-order valence-corrected chi connectivity index (χ3v) is 3.77. The lowest BCUT2D eigenvalue weighted by atomic mass is 9.97. The van der Waals surface area contributed by atoms with Crippen LogP contribution in [0.2, 0.25) is 0 Å². The second-order valence-electron chi connectivity index (χ2n) is 5.26. The van der Waals surface area contributed by atoms with Gasteiger partial charge < -0.3 is 14.4 Å². The third kappa shape index (κ3) is 3.48. The zero-order valence-corrected chi connectivity index (χ0v) is 12.4. The number of hydrogen-bond donors (Lipinski definition) is 0. The maximum absolute atomic E-state index is 11.9. The molecule has 0 aromatic carbocycles. The van der Waals surface area contributed by atoms with Gasteiger partial charge in [-0.25, -0.2) is 4.98 Å². The minimum atomic E-state index is 0.228. The van der Waals surface area contributed by atoms with Crippen LogP contribution in [0.5, 0.6) is 5.88 Å². The van der Waals surface area contributed by atoms with Crippen molar-refractivity contribution in [1.82, 2.24) is 9.88 Å². The van der Waals surface area contributed by atoms with Crippen molar-refractivity contribution >= 4 is 5.91 Å². The van der Waals surface area contributed by atoms with Crippen molar-refractivity contribution in [3.05, 3.63) is 23.4 Å².